The molecule has 0 radical (unpaired) electrons. The lowest BCUT2D eigenvalue weighted by Crippen LogP contribution is -2.23. The molecule has 2 heterocycles. The van der Waals surface area contributed by atoms with E-state index in [4.69, 9.17) is 11.6 Å². The van der Waals surface area contributed by atoms with Crippen LogP contribution in [-0.4, -0.2) is 16.3 Å². The third-order valence-electron chi connectivity index (χ3n) is 3.09. The van der Waals surface area contributed by atoms with Crippen molar-refractivity contribution in [1.29, 1.82) is 0 Å². The van der Waals surface area contributed by atoms with Gasteiger partial charge in [0, 0.05) is 23.2 Å². The van der Waals surface area contributed by atoms with Crippen LogP contribution in [0.1, 0.15) is 35.5 Å². The molecule has 0 aliphatic rings. The SMILES string of the molecule is CCCNC(c1cnn(C)c1C)c1sccc1Cl. The molecule has 0 aliphatic heterocycles. The highest BCUT2D eigenvalue weighted by molar-refractivity contribution is 7.10. The molecule has 1 atom stereocenters. The number of nitrogens with zero attached hydrogens (tertiary/aromatic N) is 2. The van der Waals surface area contributed by atoms with Crippen molar-refractivity contribution in [2.24, 2.45) is 7.05 Å². The fourth-order valence-corrected chi connectivity index (χ4v) is 3.20. The van der Waals surface area contributed by atoms with E-state index in [1.807, 2.05) is 29.4 Å². The number of rotatable bonds is 5. The number of thiophene rings is 1. The van der Waals surface area contributed by atoms with Crippen LogP contribution in [0.5, 0.6) is 0 Å². The van der Waals surface area contributed by atoms with Gasteiger partial charge < -0.3 is 5.32 Å². The zero-order chi connectivity index (χ0) is 13.1. The van der Waals surface area contributed by atoms with Gasteiger partial charge in [-0.05, 0) is 31.3 Å². The maximum Gasteiger partial charge on any atom is 0.0719 e. The number of halogens is 1. The first-order chi connectivity index (χ1) is 8.65. The van der Waals surface area contributed by atoms with Crippen molar-refractivity contribution in [3.8, 4) is 0 Å². The second-order valence-corrected chi connectivity index (χ2v) is 5.68. The molecular weight excluding hydrogens is 266 g/mol. The Balaban J connectivity index is 2.37. The largest absolute Gasteiger partial charge is 0.305 e. The first kappa shape index (κ1) is 13.6. The molecule has 1 N–H and O–H groups in total. The zero-order valence-corrected chi connectivity index (χ0v) is 12.5. The summed E-state index contributed by atoms with van der Waals surface area (Å²) in [4.78, 5) is 1.17. The van der Waals surface area contributed by atoms with Crippen LogP contribution in [-0.2, 0) is 7.05 Å². The van der Waals surface area contributed by atoms with Crippen molar-refractivity contribution in [1.82, 2.24) is 15.1 Å². The molecule has 2 aromatic heterocycles. The van der Waals surface area contributed by atoms with Crippen molar-refractivity contribution < 1.29 is 0 Å². The monoisotopic (exact) mass is 283 g/mol. The van der Waals surface area contributed by atoms with Gasteiger partial charge in [0.2, 0.25) is 0 Å². The fourth-order valence-electron chi connectivity index (χ4n) is 1.94. The van der Waals surface area contributed by atoms with Gasteiger partial charge in [0.25, 0.3) is 0 Å². The summed E-state index contributed by atoms with van der Waals surface area (Å²) in [6, 6.07) is 2.10. The third-order valence-corrected chi connectivity index (χ3v) is 4.51. The molecule has 0 fully saturated rings. The minimum absolute atomic E-state index is 0.145. The van der Waals surface area contributed by atoms with Crippen molar-refractivity contribution in [2.75, 3.05) is 6.54 Å². The van der Waals surface area contributed by atoms with Gasteiger partial charge in [-0.2, -0.15) is 5.10 Å². The highest BCUT2D eigenvalue weighted by Crippen LogP contribution is 2.33. The molecule has 2 aromatic rings. The summed E-state index contributed by atoms with van der Waals surface area (Å²) in [7, 11) is 1.96. The van der Waals surface area contributed by atoms with E-state index in [0.717, 1.165) is 18.0 Å². The van der Waals surface area contributed by atoms with Gasteiger partial charge in [-0.25, -0.2) is 0 Å². The van der Waals surface area contributed by atoms with Crippen LogP contribution in [0.15, 0.2) is 17.6 Å². The number of nitrogens with one attached hydrogen (secondary N) is 1. The Bertz CT molecular complexity index is 518. The summed E-state index contributed by atoms with van der Waals surface area (Å²) in [5, 5.41) is 10.7. The predicted octanol–water partition coefficient (Wildman–Crippen LogP) is 3.53. The molecule has 0 amide bonds. The lowest BCUT2D eigenvalue weighted by atomic mass is 10.1. The molecule has 0 saturated carbocycles. The smallest absolute Gasteiger partial charge is 0.0719 e. The minimum atomic E-state index is 0.145. The van der Waals surface area contributed by atoms with Gasteiger partial charge in [-0.3, -0.25) is 4.68 Å². The highest BCUT2D eigenvalue weighted by atomic mass is 35.5. The summed E-state index contributed by atoms with van der Waals surface area (Å²) < 4.78 is 1.90. The molecule has 3 nitrogen and oxygen atoms in total. The van der Waals surface area contributed by atoms with Crippen molar-refractivity contribution >= 4 is 22.9 Å². The Kier molecular flexibility index (Phi) is 4.43. The standard InChI is InChI=1S/C13H18ClN3S/c1-4-6-15-12(13-11(14)5-7-18-13)10-8-16-17(3)9(10)2/h5,7-8,12,15H,4,6H2,1-3H3. The summed E-state index contributed by atoms with van der Waals surface area (Å²) in [5.41, 5.74) is 2.38. The molecular formula is C13H18ClN3S. The number of aryl methyl sites for hydroxylation is 1. The topological polar surface area (TPSA) is 29.9 Å². The first-order valence-corrected chi connectivity index (χ1v) is 7.35. The Morgan fingerprint density at radius 3 is 2.83 bits per heavy atom. The maximum atomic E-state index is 6.27. The predicted molar refractivity (Wildman–Crippen MR) is 77.4 cm³/mol. The normalized spacial score (nSPS) is 12.9. The van der Waals surface area contributed by atoms with Gasteiger partial charge in [0.15, 0.2) is 0 Å². The van der Waals surface area contributed by atoms with Crippen LogP contribution in [0.25, 0.3) is 0 Å². The van der Waals surface area contributed by atoms with Gasteiger partial charge >= 0.3 is 0 Å². The van der Waals surface area contributed by atoms with E-state index < -0.39 is 0 Å². The molecule has 1 unspecified atom stereocenters. The first-order valence-electron chi connectivity index (χ1n) is 6.10. The number of hydrogen-bond donors (Lipinski definition) is 1. The second-order valence-electron chi connectivity index (χ2n) is 4.33. The van der Waals surface area contributed by atoms with Crippen LogP contribution in [0.4, 0.5) is 0 Å². The molecule has 18 heavy (non-hydrogen) atoms. The van der Waals surface area contributed by atoms with Crippen molar-refractivity contribution in [3.63, 3.8) is 0 Å². The van der Waals surface area contributed by atoms with Crippen LogP contribution in [0, 0.1) is 6.92 Å². The van der Waals surface area contributed by atoms with Crippen LogP contribution < -0.4 is 5.32 Å². The van der Waals surface area contributed by atoms with Gasteiger partial charge in [-0.1, -0.05) is 18.5 Å². The van der Waals surface area contributed by atoms with E-state index in [1.165, 1.54) is 16.1 Å². The van der Waals surface area contributed by atoms with E-state index in [9.17, 15) is 0 Å². The van der Waals surface area contributed by atoms with Crippen molar-refractivity contribution in [3.05, 3.63) is 38.8 Å². The third kappa shape index (κ3) is 2.60. The average Bonchev–Trinajstić information content (AvgIpc) is 2.91. The van der Waals surface area contributed by atoms with E-state index in [2.05, 4.69) is 24.3 Å². The van der Waals surface area contributed by atoms with Gasteiger partial charge in [-0.15, -0.1) is 11.3 Å². The minimum Gasteiger partial charge on any atom is -0.305 e. The van der Waals surface area contributed by atoms with Gasteiger partial charge in [0.05, 0.1) is 17.3 Å². The van der Waals surface area contributed by atoms with Crippen molar-refractivity contribution in [2.45, 2.75) is 26.3 Å². The quantitative estimate of drug-likeness (QED) is 0.910. The molecule has 0 aromatic carbocycles. The van der Waals surface area contributed by atoms with Gasteiger partial charge in [0.1, 0.15) is 0 Å². The molecule has 98 valence electrons. The van der Waals surface area contributed by atoms with E-state index in [1.54, 1.807) is 11.3 Å². The van der Waals surface area contributed by atoms with Crippen LogP contribution >= 0.6 is 22.9 Å². The lowest BCUT2D eigenvalue weighted by molar-refractivity contribution is 0.601. The lowest BCUT2D eigenvalue weighted by Gasteiger charge is -2.17. The van der Waals surface area contributed by atoms with Crippen LogP contribution in [0.2, 0.25) is 5.02 Å². The maximum absolute atomic E-state index is 6.27. The molecule has 0 aliphatic carbocycles. The second kappa shape index (κ2) is 5.87. The summed E-state index contributed by atoms with van der Waals surface area (Å²) >= 11 is 7.96. The Morgan fingerprint density at radius 1 is 1.56 bits per heavy atom. The summed E-state index contributed by atoms with van der Waals surface area (Å²) in [6.45, 7) is 5.22. The Hall–Kier alpha value is -0.840. The van der Waals surface area contributed by atoms with Crippen LogP contribution in [0.3, 0.4) is 0 Å². The molecule has 2 rings (SSSR count). The van der Waals surface area contributed by atoms with E-state index in [-0.39, 0.29) is 6.04 Å². The number of hydrogen-bond acceptors (Lipinski definition) is 3. The molecule has 0 saturated heterocycles. The summed E-state index contributed by atoms with van der Waals surface area (Å²) in [5.74, 6) is 0. The number of aromatic nitrogens is 2. The van der Waals surface area contributed by atoms with E-state index in [0.29, 0.717) is 0 Å². The fraction of sp³-hybridized carbons (Fsp3) is 0.462. The summed E-state index contributed by atoms with van der Waals surface area (Å²) in [6.07, 6.45) is 3.03. The average molecular weight is 284 g/mol. The Labute approximate surface area is 117 Å². The molecule has 0 bridgehead atoms. The highest BCUT2D eigenvalue weighted by Gasteiger charge is 2.21. The van der Waals surface area contributed by atoms with E-state index >= 15 is 0 Å². The molecule has 0 spiro atoms. The Morgan fingerprint density at radius 2 is 2.33 bits per heavy atom. The zero-order valence-electron chi connectivity index (χ0n) is 10.9. The molecule has 5 heteroatoms.